The van der Waals surface area contributed by atoms with Crippen molar-refractivity contribution < 1.29 is 14.3 Å². The highest BCUT2D eigenvalue weighted by molar-refractivity contribution is 5.93. The second kappa shape index (κ2) is 10.4. The molecule has 0 radical (unpaired) electrons. The van der Waals surface area contributed by atoms with E-state index < -0.39 is 0 Å². The molecular weight excluding hydrogens is 376 g/mol. The molecule has 1 N–H and O–H groups in total. The molecule has 0 bridgehead atoms. The molecular formula is C25H26N2O3. The van der Waals surface area contributed by atoms with E-state index in [-0.39, 0.29) is 24.5 Å². The SMILES string of the molecule is CN(C)C(=O)c1ccc(CNC(=O)COC(c2ccccc2)c2ccccc2)cc1. The molecule has 5 nitrogen and oxygen atoms in total. The van der Waals surface area contributed by atoms with E-state index in [0.717, 1.165) is 16.7 Å². The summed E-state index contributed by atoms with van der Waals surface area (Å²) in [5, 5.41) is 2.87. The van der Waals surface area contributed by atoms with Gasteiger partial charge in [-0.15, -0.1) is 0 Å². The first-order valence-electron chi connectivity index (χ1n) is 9.83. The molecule has 5 heteroatoms. The molecule has 0 saturated carbocycles. The minimum Gasteiger partial charge on any atom is -0.359 e. The largest absolute Gasteiger partial charge is 0.359 e. The number of hydrogen-bond donors (Lipinski definition) is 1. The number of nitrogens with zero attached hydrogens (tertiary/aromatic N) is 1. The molecule has 0 aromatic heterocycles. The second-order valence-corrected chi connectivity index (χ2v) is 7.19. The normalized spacial score (nSPS) is 10.6. The number of hydrogen-bond acceptors (Lipinski definition) is 3. The van der Waals surface area contributed by atoms with E-state index in [1.807, 2.05) is 72.8 Å². The molecule has 0 aliphatic rings. The number of rotatable bonds is 8. The number of amides is 2. The van der Waals surface area contributed by atoms with Crippen molar-refractivity contribution in [2.24, 2.45) is 0 Å². The lowest BCUT2D eigenvalue weighted by molar-refractivity contribution is -0.127. The van der Waals surface area contributed by atoms with Gasteiger partial charge in [-0.2, -0.15) is 0 Å². The number of carbonyl (C=O) groups is 2. The molecule has 0 spiro atoms. The van der Waals surface area contributed by atoms with Gasteiger partial charge in [0.1, 0.15) is 12.7 Å². The first kappa shape index (κ1) is 21.3. The minimum absolute atomic E-state index is 0.0492. The molecule has 3 aromatic carbocycles. The highest BCUT2D eigenvalue weighted by Crippen LogP contribution is 2.25. The van der Waals surface area contributed by atoms with Crippen molar-refractivity contribution in [3.05, 3.63) is 107 Å². The number of ether oxygens (including phenoxy) is 1. The Kier molecular flexibility index (Phi) is 7.35. The fourth-order valence-corrected chi connectivity index (χ4v) is 3.07. The van der Waals surface area contributed by atoms with Crippen molar-refractivity contribution in [1.29, 1.82) is 0 Å². The quantitative estimate of drug-likeness (QED) is 0.623. The average Bonchev–Trinajstić information content (AvgIpc) is 2.79. The van der Waals surface area contributed by atoms with Gasteiger partial charge in [-0.3, -0.25) is 9.59 Å². The van der Waals surface area contributed by atoms with Gasteiger partial charge in [0.25, 0.3) is 5.91 Å². The Bertz CT molecular complexity index is 915. The van der Waals surface area contributed by atoms with Crippen LogP contribution in [0.3, 0.4) is 0 Å². The van der Waals surface area contributed by atoms with Gasteiger partial charge in [0.2, 0.25) is 5.91 Å². The highest BCUT2D eigenvalue weighted by atomic mass is 16.5. The fraction of sp³-hybridized carbons (Fsp3) is 0.200. The summed E-state index contributed by atoms with van der Waals surface area (Å²) >= 11 is 0. The zero-order chi connectivity index (χ0) is 21.3. The van der Waals surface area contributed by atoms with Crippen LogP contribution in [0.2, 0.25) is 0 Å². The zero-order valence-corrected chi connectivity index (χ0v) is 17.2. The Hall–Kier alpha value is -3.44. The third-order valence-electron chi connectivity index (χ3n) is 4.68. The van der Waals surface area contributed by atoms with E-state index in [1.165, 1.54) is 4.90 Å². The van der Waals surface area contributed by atoms with Crippen molar-refractivity contribution in [1.82, 2.24) is 10.2 Å². The van der Waals surface area contributed by atoms with E-state index in [0.29, 0.717) is 12.1 Å². The predicted octanol–water partition coefficient (Wildman–Crippen LogP) is 3.81. The minimum atomic E-state index is -0.311. The molecule has 0 heterocycles. The molecule has 0 fully saturated rings. The van der Waals surface area contributed by atoms with Crippen molar-refractivity contribution in [2.75, 3.05) is 20.7 Å². The van der Waals surface area contributed by atoms with Gasteiger partial charge in [-0.25, -0.2) is 0 Å². The summed E-state index contributed by atoms with van der Waals surface area (Å²) in [6.45, 7) is 0.325. The molecule has 0 saturated heterocycles. The van der Waals surface area contributed by atoms with Crippen molar-refractivity contribution in [2.45, 2.75) is 12.6 Å². The Balaban J connectivity index is 1.57. The Morgan fingerprint density at radius 3 is 1.87 bits per heavy atom. The lowest BCUT2D eigenvalue weighted by atomic mass is 10.0. The van der Waals surface area contributed by atoms with E-state index in [1.54, 1.807) is 26.2 Å². The molecule has 0 atom stereocenters. The van der Waals surface area contributed by atoms with Crippen molar-refractivity contribution in [3.63, 3.8) is 0 Å². The first-order valence-corrected chi connectivity index (χ1v) is 9.83. The number of benzene rings is 3. The monoisotopic (exact) mass is 402 g/mol. The van der Waals surface area contributed by atoms with Crippen LogP contribution in [0.4, 0.5) is 0 Å². The maximum absolute atomic E-state index is 12.4. The van der Waals surface area contributed by atoms with Crippen LogP contribution in [0, 0.1) is 0 Å². The van der Waals surface area contributed by atoms with Gasteiger partial charge in [0, 0.05) is 26.2 Å². The van der Waals surface area contributed by atoms with Gasteiger partial charge >= 0.3 is 0 Å². The summed E-state index contributed by atoms with van der Waals surface area (Å²) < 4.78 is 5.98. The Labute approximate surface area is 177 Å². The molecule has 2 amide bonds. The van der Waals surface area contributed by atoms with E-state index in [2.05, 4.69) is 5.32 Å². The third kappa shape index (κ3) is 5.78. The Morgan fingerprint density at radius 2 is 1.37 bits per heavy atom. The van der Waals surface area contributed by atoms with Crippen LogP contribution < -0.4 is 5.32 Å². The third-order valence-corrected chi connectivity index (χ3v) is 4.68. The summed E-state index contributed by atoms with van der Waals surface area (Å²) in [6.07, 6.45) is -0.311. The summed E-state index contributed by atoms with van der Waals surface area (Å²) in [7, 11) is 3.43. The van der Waals surface area contributed by atoms with Crippen LogP contribution >= 0.6 is 0 Å². The smallest absolute Gasteiger partial charge is 0.253 e. The summed E-state index contributed by atoms with van der Waals surface area (Å²) in [5.41, 5.74) is 3.53. The molecule has 30 heavy (non-hydrogen) atoms. The van der Waals surface area contributed by atoms with Gasteiger partial charge in [0.15, 0.2) is 0 Å². The fourth-order valence-electron chi connectivity index (χ4n) is 3.07. The van der Waals surface area contributed by atoms with Crippen LogP contribution in [0.15, 0.2) is 84.9 Å². The van der Waals surface area contributed by atoms with Crippen molar-refractivity contribution in [3.8, 4) is 0 Å². The molecule has 154 valence electrons. The molecule has 0 aliphatic carbocycles. The van der Waals surface area contributed by atoms with Gasteiger partial charge in [-0.05, 0) is 28.8 Å². The molecule has 3 aromatic rings. The van der Waals surface area contributed by atoms with E-state index >= 15 is 0 Å². The van der Waals surface area contributed by atoms with Crippen LogP contribution in [0.25, 0.3) is 0 Å². The van der Waals surface area contributed by atoms with E-state index in [4.69, 9.17) is 4.74 Å². The highest BCUT2D eigenvalue weighted by Gasteiger charge is 2.16. The van der Waals surface area contributed by atoms with Gasteiger partial charge in [-0.1, -0.05) is 72.8 Å². The average molecular weight is 402 g/mol. The first-order chi connectivity index (χ1) is 14.5. The zero-order valence-electron chi connectivity index (χ0n) is 17.2. The predicted molar refractivity (Wildman–Crippen MR) is 117 cm³/mol. The van der Waals surface area contributed by atoms with Crippen molar-refractivity contribution >= 4 is 11.8 Å². The summed E-state index contributed by atoms with van der Waals surface area (Å²) in [6, 6.07) is 26.9. The van der Waals surface area contributed by atoms with Crippen LogP contribution in [-0.4, -0.2) is 37.4 Å². The van der Waals surface area contributed by atoms with Crippen LogP contribution in [0.1, 0.15) is 33.2 Å². The van der Waals surface area contributed by atoms with Gasteiger partial charge < -0.3 is 15.0 Å². The molecule has 3 rings (SSSR count). The van der Waals surface area contributed by atoms with Crippen LogP contribution in [0.5, 0.6) is 0 Å². The summed E-state index contributed by atoms with van der Waals surface area (Å²) in [4.78, 5) is 25.8. The Morgan fingerprint density at radius 1 is 0.833 bits per heavy atom. The summed E-state index contributed by atoms with van der Waals surface area (Å²) in [5.74, 6) is -0.243. The van der Waals surface area contributed by atoms with Crippen LogP contribution in [-0.2, 0) is 16.1 Å². The number of carbonyl (C=O) groups excluding carboxylic acids is 2. The second-order valence-electron chi connectivity index (χ2n) is 7.19. The van der Waals surface area contributed by atoms with E-state index in [9.17, 15) is 9.59 Å². The molecule has 0 aliphatic heterocycles. The van der Waals surface area contributed by atoms with Gasteiger partial charge in [0.05, 0.1) is 0 Å². The topological polar surface area (TPSA) is 58.6 Å². The standard InChI is InChI=1S/C25H26N2O3/c1-27(2)25(29)22-15-13-19(14-16-22)17-26-23(28)18-30-24(20-9-5-3-6-10-20)21-11-7-4-8-12-21/h3-16,24H,17-18H2,1-2H3,(H,26,28). The lowest BCUT2D eigenvalue weighted by Gasteiger charge is -2.19. The maximum Gasteiger partial charge on any atom is 0.253 e. The lowest BCUT2D eigenvalue weighted by Crippen LogP contribution is -2.28. The number of nitrogens with one attached hydrogen (secondary N) is 1. The molecule has 0 unspecified atom stereocenters. The maximum atomic E-state index is 12.4.